The molecule has 0 aliphatic carbocycles. The third-order valence-corrected chi connectivity index (χ3v) is 5.05. The number of hydrogen-bond donors (Lipinski definition) is 0. The predicted molar refractivity (Wildman–Crippen MR) is 107 cm³/mol. The van der Waals surface area contributed by atoms with E-state index < -0.39 is 5.60 Å². The van der Waals surface area contributed by atoms with E-state index in [-0.39, 0.29) is 12.1 Å². The number of rotatable bonds is 5. The van der Waals surface area contributed by atoms with Gasteiger partial charge in [-0.15, -0.1) is 0 Å². The first kappa shape index (κ1) is 20.7. The summed E-state index contributed by atoms with van der Waals surface area (Å²) in [6, 6.07) is 4.44. The van der Waals surface area contributed by atoms with Gasteiger partial charge in [0.05, 0.1) is 0 Å². The van der Waals surface area contributed by atoms with E-state index in [9.17, 15) is 4.79 Å². The lowest BCUT2D eigenvalue weighted by molar-refractivity contribution is 0.0564. The van der Waals surface area contributed by atoms with Crippen molar-refractivity contribution < 1.29 is 9.53 Å². The van der Waals surface area contributed by atoms with E-state index in [0.717, 1.165) is 37.3 Å². The van der Waals surface area contributed by atoms with Crippen LogP contribution in [0.4, 0.5) is 10.6 Å². The summed E-state index contributed by atoms with van der Waals surface area (Å²) in [4.78, 5) is 21.9. The molecule has 1 amide bonds. The molecule has 0 spiro atoms. The monoisotopic (exact) mass is 361 g/mol. The summed E-state index contributed by atoms with van der Waals surface area (Å²) in [5.41, 5.74) is 0.609. The van der Waals surface area contributed by atoms with Gasteiger partial charge >= 0.3 is 6.09 Å². The summed E-state index contributed by atoms with van der Waals surface area (Å²) in [6.45, 7) is 14.2. The van der Waals surface area contributed by atoms with Crippen molar-refractivity contribution in [1.82, 2.24) is 9.88 Å². The molecule has 26 heavy (non-hydrogen) atoms. The van der Waals surface area contributed by atoms with Gasteiger partial charge in [-0.05, 0) is 66.1 Å². The highest BCUT2D eigenvalue weighted by Crippen LogP contribution is 2.36. The maximum Gasteiger partial charge on any atom is 0.416 e. The maximum atomic E-state index is 13.0. The number of pyridine rings is 1. The van der Waals surface area contributed by atoms with E-state index in [1.54, 1.807) is 11.1 Å². The summed E-state index contributed by atoms with van der Waals surface area (Å²) in [7, 11) is 0. The highest BCUT2D eigenvalue weighted by atomic mass is 16.6. The molecule has 2 atom stereocenters. The topological polar surface area (TPSA) is 45.7 Å². The van der Waals surface area contributed by atoms with Crippen molar-refractivity contribution in [3.63, 3.8) is 0 Å². The van der Waals surface area contributed by atoms with Crippen molar-refractivity contribution in [2.45, 2.75) is 84.9 Å². The molecule has 1 fully saturated rings. The number of carbonyl (C=O) groups is 1. The normalized spacial score (nSPS) is 19.8. The molecule has 5 nitrogen and oxygen atoms in total. The molecule has 1 aromatic rings. The third kappa shape index (κ3) is 4.97. The van der Waals surface area contributed by atoms with Gasteiger partial charge in [0, 0.05) is 23.8 Å². The molecule has 2 heterocycles. The zero-order valence-corrected chi connectivity index (χ0v) is 17.3. The van der Waals surface area contributed by atoms with E-state index in [1.807, 2.05) is 26.8 Å². The number of anilines is 1. The van der Waals surface area contributed by atoms with Crippen LogP contribution in [-0.4, -0.2) is 40.7 Å². The molecule has 5 heteroatoms. The smallest absolute Gasteiger partial charge is 0.416 e. The van der Waals surface area contributed by atoms with Crippen LogP contribution in [0.5, 0.6) is 0 Å². The van der Waals surface area contributed by atoms with Gasteiger partial charge in [-0.25, -0.2) is 9.78 Å². The number of amides is 1. The molecule has 0 radical (unpaired) electrons. The van der Waals surface area contributed by atoms with Crippen LogP contribution in [0, 0.1) is 0 Å². The highest BCUT2D eigenvalue weighted by Gasteiger charge is 2.33. The minimum absolute atomic E-state index is 0.0252. The molecule has 0 bridgehead atoms. The van der Waals surface area contributed by atoms with Crippen molar-refractivity contribution in [1.29, 1.82) is 0 Å². The number of ether oxygens (including phenoxy) is 1. The Morgan fingerprint density at radius 1 is 1.38 bits per heavy atom. The maximum absolute atomic E-state index is 13.0. The lowest BCUT2D eigenvalue weighted by atomic mass is 9.95. The lowest BCUT2D eigenvalue weighted by Crippen LogP contribution is -2.44. The van der Waals surface area contributed by atoms with Crippen LogP contribution in [0.1, 0.15) is 78.8 Å². The second-order valence-electron chi connectivity index (χ2n) is 8.16. The largest absolute Gasteiger partial charge is 0.443 e. The van der Waals surface area contributed by atoms with Crippen molar-refractivity contribution in [2.24, 2.45) is 0 Å². The van der Waals surface area contributed by atoms with Crippen LogP contribution in [0.2, 0.25) is 0 Å². The predicted octanol–water partition coefficient (Wildman–Crippen LogP) is 5.17. The van der Waals surface area contributed by atoms with Gasteiger partial charge in [0.15, 0.2) is 0 Å². The van der Waals surface area contributed by atoms with E-state index in [0.29, 0.717) is 6.04 Å². The molecule has 1 aliphatic rings. The van der Waals surface area contributed by atoms with Gasteiger partial charge < -0.3 is 4.74 Å². The van der Waals surface area contributed by atoms with E-state index in [2.05, 4.69) is 36.7 Å². The fraction of sp³-hybridized carbons (Fsp3) is 0.714. The van der Waals surface area contributed by atoms with Gasteiger partial charge in [-0.2, -0.15) is 0 Å². The first-order valence-electron chi connectivity index (χ1n) is 9.99. The zero-order chi connectivity index (χ0) is 19.3. The number of likely N-dealkylation sites (tertiary alicyclic amines) is 1. The third-order valence-electron chi connectivity index (χ3n) is 5.05. The molecule has 0 saturated carbocycles. The highest BCUT2D eigenvalue weighted by molar-refractivity contribution is 5.88. The summed E-state index contributed by atoms with van der Waals surface area (Å²) < 4.78 is 5.71. The Labute approximate surface area is 158 Å². The standard InChI is InChI=1S/C21H35N3O2/c1-7-16(3)24(20(25)26-21(4,5)6)19-17(12-11-14-22-19)18-13-9-10-15-23(18)8-2/h11-12,14,16,18H,7-10,13,15H2,1-6H3/t16-,18-/m0/s1. The average molecular weight is 362 g/mol. The van der Waals surface area contributed by atoms with Crippen LogP contribution >= 0.6 is 0 Å². The Morgan fingerprint density at radius 3 is 2.73 bits per heavy atom. The average Bonchev–Trinajstić information content (AvgIpc) is 2.60. The number of nitrogens with zero attached hydrogens (tertiary/aromatic N) is 3. The van der Waals surface area contributed by atoms with Crippen LogP contribution < -0.4 is 4.90 Å². The second-order valence-corrected chi connectivity index (χ2v) is 8.16. The molecule has 0 N–H and O–H groups in total. The van der Waals surface area contributed by atoms with Gasteiger partial charge in [0.1, 0.15) is 11.4 Å². The van der Waals surface area contributed by atoms with Gasteiger partial charge in [0.25, 0.3) is 0 Å². The SMILES string of the molecule is CC[C@H](C)N(C(=O)OC(C)(C)C)c1ncccc1[C@@H]1CCCCN1CC. The Bertz CT molecular complexity index is 597. The molecule has 0 aromatic carbocycles. The quantitative estimate of drug-likeness (QED) is 0.726. The summed E-state index contributed by atoms with van der Waals surface area (Å²) in [5.74, 6) is 0.751. The molecule has 1 aromatic heterocycles. The van der Waals surface area contributed by atoms with Crippen LogP contribution in [0.3, 0.4) is 0 Å². The first-order valence-corrected chi connectivity index (χ1v) is 9.99. The molecular formula is C21H35N3O2. The van der Waals surface area contributed by atoms with Gasteiger partial charge in [-0.1, -0.05) is 26.3 Å². The van der Waals surface area contributed by atoms with E-state index >= 15 is 0 Å². The molecular weight excluding hydrogens is 326 g/mol. The number of piperidine rings is 1. The number of aromatic nitrogens is 1. The molecule has 1 saturated heterocycles. The Hall–Kier alpha value is -1.62. The second kappa shape index (κ2) is 8.85. The van der Waals surface area contributed by atoms with Crippen LogP contribution in [0.25, 0.3) is 0 Å². The molecule has 146 valence electrons. The zero-order valence-electron chi connectivity index (χ0n) is 17.3. The molecule has 2 rings (SSSR count). The van der Waals surface area contributed by atoms with Crippen molar-refractivity contribution in [3.05, 3.63) is 23.9 Å². The number of hydrogen-bond acceptors (Lipinski definition) is 4. The Kier molecular flexibility index (Phi) is 7.04. The summed E-state index contributed by atoms with van der Waals surface area (Å²) in [6.07, 6.45) is 5.86. The Balaban J connectivity index is 2.44. The first-order chi connectivity index (χ1) is 12.3. The molecule has 1 aliphatic heterocycles. The Morgan fingerprint density at radius 2 is 2.12 bits per heavy atom. The minimum Gasteiger partial charge on any atom is -0.443 e. The van der Waals surface area contributed by atoms with E-state index in [4.69, 9.17) is 4.74 Å². The number of carbonyl (C=O) groups excluding carboxylic acids is 1. The molecule has 0 unspecified atom stereocenters. The summed E-state index contributed by atoms with van der Waals surface area (Å²) in [5, 5.41) is 0. The lowest BCUT2D eigenvalue weighted by Gasteiger charge is -2.38. The minimum atomic E-state index is -0.530. The van der Waals surface area contributed by atoms with Crippen molar-refractivity contribution in [2.75, 3.05) is 18.0 Å². The van der Waals surface area contributed by atoms with Crippen molar-refractivity contribution in [3.8, 4) is 0 Å². The van der Waals surface area contributed by atoms with Crippen LogP contribution in [0.15, 0.2) is 18.3 Å². The summed E-state index contributed by atoms with van der Waals surface area (Å²) >= 11 is 0. The van der Waals surface area contributed by atoms with E-state index in [1.165, 1.54) is 12.8 Å². The van der Waals surface area contributed by atoms with Gasteiger partial charge in [0.2, 0.25) is 0 Å². The fourth-order valence-corrected chi connectivity index (χ4v) is 3.56. The van der Waals surface area contributed by atoms with Crippen LogP contribution in [-0.2, 0) is 4.74 Å². The van der Waals surface area contributed by atoms with Crippen molar-refractivity contribution >= 4 is 11.9 Å². The van der Waals surface area contributed by atoms with Gasteiger partial charge in [-0.3, -0.25) is 9.80 Å². The fourth-order valence-electron chi connectivity index (χ4n) is 3.56.